The maximum Gasteiger partial charge on any atom is 0.261 e. The largest absolute Gasteiger partial charge is 0.404 e. The molecule has 2 saturated carbocycles. The van der Waals surface area contributed by atoms with Gasteiger partial charge in [0.2, 0.25) is 0 Å². The summed E-state index contributed by atoms with van der Waals surface area (Å²) in [6.45, 7) is 9.19. The van der Waals surface area contributed by atoms with Crippen LogP contribution in [-0.2, 0) is 4.43 Å². The van der Waals surface area contributed by atoms with Crippen molar-refractivity contribution in [1.29, 1.82) is 0 Å². The van der Waals surface area contributed by atoms with E-state index in [0.29, 0.717) is 11.8 Å². The second-order valence-electron chi connectivity index (χ2n) is 12.1. The van der Waals surface area contributed by atoms with E-state index in [-0.39, 0.29) is 17.1 Å². The Hall–Kier alpha value is -1.72. The Balaban J connectivity index is 1.57. The molecule has 196 valence electrons. The summed E-state index contributed by atoms with van der Waals surface area (Å²) in [4.78, 5) is 0. The predicted octanol–water partition coefficient (Wildman–Crippen LogP) is 5.84. The second kappa shape index (κ2) is 11.8. The van der Waals surface area contributed by atoms with Crippen LogP contribution in [0, 0.1) is 17.8 Å². The molecule has 2 N–H and O–H groups in total. The van der Waals surface area contributed by atoms with Crippen LogP contribution in [0.3, 0.4) is 0 Å². The highest BCUT2D eigenvalue weighted by atomic mass is 28.4. The number of aliphatic hydroxyl groups excluding tert-OH is 2. The van der Waals surface area contributed by atoms with E-state index in [4.69, 9.17) is 4.43 Å². The Bertz CT molecular complexity index is 928. The molecular formula is C32H46O3Si. The molecule has 2 fully saturated rings. The molecule has 36 heavy (non-hydrogen) atoms. The van der Waals surface area contributed by atoms with Crippen molar-refractivity contribution in [3.05, 3.63) is 72.8 Å². The van der Waals surface area contributed by atoms with Crippen LogP contribution in [0.1, 0.15) is 72.6 Å². The Morgan fingerprint density at radius 1 is 0.944 bits per heavy atom. The zero-order valence-electron chi connectivity index (χ0n) is 22.6. The lowest BCUT2D eigenvalue weighted by Crippen LogP contribution is -2.67. The van der Waals surface area contributed by atoms with E-state index >= 15 is 0 Å². The zero-order chi connectivity index (χ0) is 25.8. The molecule has 0 amide bonds. The number of hydrogen-bond acceptors (Lipinski definition) is 3. The second-order valence-corrected chi connectivity index (χ2v) is 16.3. The molecule has 2 aromatic carbocycles. The molecule has 0 aromatic heterocycles. The highest BCUT2D eigenvalue weighted by Crippen LogP contribution is 2.51. The first kappa shape index (κ1) is 27.3. The van der Waals surface area contributed by atoms with Gasteiger partial charge in [0, 0.05) is 12.0 Å². The molecule has 0 unspecified atom stereocenters. The molecule has 6 atom stereocenters. The fraction of sp³-hybridized carbons (Fsp3) is 0.562. The monoisotopic (exact) mass is 506 g/mol. The molecule has 2 aromatic rings. The lowest BCUT2D eigenvalue weighted by atomic mass is 9.86. The van der Waals surface area contributed by atoms with Gasteiger partial charge >= 0.3 is 0 Å². The minimum absolute atomic E-state index is 0.0485. The van der Waals surface area contributed by atoms with Crippen molar-refractivity contribution in [1.82, 2.24) is 0 Å². The summed E-state index contributed by atoms with van der Waals surface area (Å²) >= 11 is 0. The molecule has 0 aliphatic heterocycles. The number of hydrogen-bond donors (Lipinski definition) is 2. The topological polar surface area (TPSA) is 49.7 Å². The van der Waals surface area contributed by atoms with Gasteiger partial charge in [-0.2, -0.15) is 0 Å². The lowest BCUT2D eigenvalue weighted by molar-refractivity contribution is 0.0300. The van der Waals surface area contributed by atoms with Gasteiger partial charge in [0.25, 0.3) is 8.32 Å². The number of fused-ring (bicyclic) bond motifs is 1. The minimum Gasteiger partial charge on any atom is -0.404 e. The van der Waals surface area contributed by atoms with Gasteiger partial charge in [0.05, 0.1) is 12.2 Å². The molecule has 0 saturated heterocycles. The predicted molar refractivity (Wildman–Crippen MR) is 152 cm³/mol. The van der Waals surface area contributed by atoms with Crippen LogP contribution in [-0.4, -0.2) is 36.8 Å². The van der Waals surface area contributed by atoms with Gasteiger partial charge < -0.3 is 14.6 Å². The van der Waals surface area contributed by atoms with Crippen molar-refractivity contribution in [2.75, 3.05) is 0 Å². The van der Waals surface area contributed by atoms with E-state index in [0.717, 1.165) is 32.1 Å². The van der Waals surface area contributed by atoms with Crippen molar-refractivity contribution < 1.29 is 14.6 Å². The number of rotatable bonds is 10. The van der Waals surface area contributed by atoms with Crippen LogP contribution in [0.15, 0.2) is 72.8 Å². The Morgan fingerprint density at radius 3 is 2.11 bits per heavy atom. The van der Waals surface area contributed by atoms with Crippen LogP contribution in [0.25, 0.3) is 0 Å². The summed E-state index contributed by atoms with van der Waals surface area (Å²) in [6.07, 6.45) is 10.4. The average Bonchev–Trinajstić information content (AvgIpc) is 3.38. The molecule has 0 heterocycles. The molecule has 3 nitrogen and oxygen atoms in total. The third-order valence-electron chi connectivity index (χ3n) is 8.65. The lowest BCUT2D eigenvalue weighted by Gasteiger charge is -2.45. The zero-order valence-corrected chi connectivity index (χ0v) is 23.6. The third-order valence-corrected chi connectivity index (χ3v) is 13.7. The molecule has 4 rings (SSSR count). The standard InChI is InChI=1S/C32H46O3Si/c1-5-6-7-8-15-20-29(33)31-28-23-25(21-24(28)22-30(31)34)35-36(32(2,3)4,26-16-11-9-12-17-26)27-18-13-10-14-19-27/h9-20,24-25,28-31,33-34H,5-8,21-23H2,1-4H3/b20-15+/t24-,25-,28-,29-,30+,31-/m0/s1. The molecular weight excluding hydrogens is 460 g/mol. The SMILES string of the molecule is CCCCC/C=C/[C@H](O)[C@@H]1[C@H]2C[C@@H](O[Si](c3ccccc3)(c3ccccc3)C(C)(C)C)C[C@H]2C[C@H]1O. The highest BCUT2D eigenvalue weighted by Gasteiger charge is 2.55. The average molecular weight is 507 g/mol. The summed E-state index contributed by atoms with van der Waals surface area (Å²) in [5.74, 6) is 0.625. The molecule has 2 aliphatic carbocycles. The van der Waals surface area contributed by atoms with Gasteiger partial charge in [-0.3, -0.25) is 0 Å². The number of benzene rings is 2. The summed E-state index contributed by atoms with van der Waals surface area (Å²) in [7, 11) is -2.60. The van der Waals surface area contributed by atoms with Gasteiger partial charge in [-0.1, -0.05) is 113 Å². The summed E-state index contributed by atoms with van der Waals surface area (Å²) in [5.41, 5.74) is 0. The van der Waals surface area contributed by atoms with Gasteiger partial charge in [-0.05, 0) is 59.4 Å². The van der Waals surface area contributed by atoms with Gasteiger partial charge in [-0.15, -0.1) is 0 Å². The number of unbranched alkanes of at least 4 members (excludes halogenated alkanes) is 3. The van der Waals surface area contributed by atoms with Crippen molar-refractivity contribution in [3.8, 4) is 0 Å². The first-order valence-corrected chi connectivity index (χ1v) is 16.0. The van der Waals surface area contributed by atoms with Crippen LogP contribution in [0.2, 0.25) is 5.04 Å². The Kier molecular flexibility index (Phi) is 8.93. The maximum absolute atomic E-state index is 11.0. The molecule has 0 bridgehead atoms. The molecule has 2 aliphatic rings. The maximum atomic E-state index is 11.0. The Morgan fingerprint density at radius 2 is 1.56 bits per heavy atom. The van der Waals surface area contributed by atoms with Crippen LogP contribution < -0.4 is 10.4 Å². The fourth-order valence-corrected chi connectivity index (χ4v) is 11.7. The number of aliphatic hydroxyl groups is 2. The molecule has 0 spiro atoms. The van der Waals surface area contributed by atoms with E-state index in [1.807, 2.05) is 6.08 Å². The van der Waals surface area contributed by atoms with Gasteiger partial charge in [-0.25, -0.2) is 0 Å². The van der Waals surface area contributed by atoms with E-state index < -0.39 is 20.5 Å². The Labute approximate surface area is 219 Å². The van der Waals surface area contributed by atoms with Crippen molar-refractivity contribution in [2.24, 2.45) is 17.8 Å². The van der Waals surface area contributed by atoms with E-state index in [2.05, 4.69) is 94.4 Å². The third kappa shape index (κ3) is 5.57. The van der Waals surface area contributed by atoms with Gasteiger partial charge in [0.1, 0.15) is 0 Å². The van der Waals surface area contributed by atoms with Gasteiger partial charge in [0.15, 0.2) is 0 Å². The molecule has 0 radical (unpaired) electrons. The van der Waals surface area contributed by atoms with E-state index in [1.165, 1.54) is 23.2 Å². The smallest absolute Gasteiger partial charge is 0.261 e. The fourth-order valence-electron chi connectivity index (χ4n) is 6.99. The van der Waals surface area contributed by atoms with E-state index in [9.17, 15) is 10.2 Å². The summed E-state index contributed by atoms with van der Waals surface area (Å²) in [5, 5.41) is 24.5. The quantitative estimate of drug-likeness (QED) is 0.242. The van der Waals surface area contributed by atoms with Crippen molar-refractivity contribution in [2.45, 2.75) is 96.0 Å². The van der Waals surface area contributed by atoms with Crippen molar-refractivity contribution >= 4 is 18.7 Å². The van der Waals surface area contributed by atoms with Crippen LogP contribution in [0.5, 0.6) is 0 Å². The van der Waals surface area contributed by atoms with Crippen LogP contribution in [0.4, 0.5) is 0 Å². The van der Waals surface area contributed by atoms with Crippen molar-refractivity contribution in [3.63, 3.8) is 0 Å². The van der Waals surface area contributed by atoms with Crippen LogP contribution >= 0.6 is 0 Å². The summed E-state index contributed by atoms with van der Waals surface area (Å²) < 4.78 is 7.42. The number of allylic oxidation sites excluding steroid dienone is 1. The molecule has 4 heteroatoms. The summed E-state index contributed by atoms with van der Waals surface area (Å²) in [6, 6.07) is 21.7. The minimum atomic E-state index is -2.60. The first-order chi connectivity index (χ1) is 17.3. The normalized spacial score (nSPS) is 27.4. The highest BCUT2D eigenvalue weighted by molar-refractivity contribution is 6.99. The first-order valence-electron chi connectivity index (χ1n) is 14.1. The van der Waals surface area contributed by atoms with E-state index in [1.54, 1.807) is 0 Å².